The normalized spacial score (nSPS) is 47.7. The lowest BCUT2D eigenvalue weighted by Crippen LogP contribution is -2.65. The van der Waals surface area contributed by atoms with Crippen LogP contribution in [0.2, 0.25) is 0 Å². The van der Waals surface area contributed by atoms with E-state index < -0.39 is 6.10 Å². The third-order valence-electron chi connectivity index (χ3n) is 11.7. The first-order valence-electron chi connectivity index (χ1n) is 13.9. The molecule has 1 N–H and O–H groups in total. The number of carbonyl (C=O) groups excluding carboxylic acids is 1. The van der Waals surface area contributed by atoms with Crippen molar-refractivity contribution in [2.75, 3.05) is 18.5 Å². The van der Waals surface area contributed by atoms with E-state index in [2.05, 4.69) is 34.3 Å². The van der Waals surface area contributed by atoms with Gasteiger partial charge in [-0.2, -0.15) is 0 Å². The molecular weight excluding hydrogens is 518 g/mol. The van der Waals surface area contributed by atoms with Crippen molar-refractivity contribution < 1.29 is 19.4 Å². The lowest BCUT2D eigenvalue weighted by molar-refractivity contribution is -0.178. The number of amides is 1. The summed E-state index contributed by atoms with van der Waals surface area (Å²) in [5, 5.41) is 12.7. The van der Waals surface area contributed by atoms with Crippen LogP contribution < -0.4 is 0 Å². The van der Waals surface area contributed by atoms with Crippen LogP contribution in [-0.2, 0) is 16.1 Å². The molecule has 1 aromatic carbocycles. The first kappa shape index (κ1) is 23.7. The molecular formula is C30H38BrNO4. The van der Waals surface area contributed by atoms with Crippen molar-refractivity contribution in [1.29, 1.82) is 0 Å². The van der Waals surface area contributed by atoms with E-state index in [4.69, 9.17) is 9.47 Å². The van der Waals surface area contributed by atoms with E-state index in [0.29, 0.717) is 36.9 Å². The van der Waals surface area contributed by atoms with Crippen LogP contribution in [0.5, 0.6) is 0 Å². The van der Waals surface area contributed by atoms with Crippen molar-refractivity contribution in [2.45, 2.75) is 70.3 Å². The molecule has 5 bridgehead atoms. The molecule has 0 radical (unpaired) electrons. The highest BCUT2D eigenvalue weighted by molar-refractivity contribution is 9.09. The second-order valence-electron chi connectivity index (χ2n) is 12.9. The van der Waals surface area contributed by atoms with Crippen LogP contribution >= 0.6 is 15.9 Å². The fraction of sp³-hybridized carbons (Fsp3) is 0.700. The standard InChI is InChI=1S/C30H38BrNO4/c1-18-20-13-21-26(35-12-11-31)29-10-6-9-28(2)17-32(27(34)36-16-19-7-4-3-5-8-19)22(24(28)29)15-30(21,25(18)33)23(29)14-20/h3-5,7-8,20-26,33H,1,6,9-17H2,2H3/t20-,21?,22-,23-,24+,25+,26?,28-,29+,30+/m0/s1. The van der Waals surface area contributed by atoms with Crippen LogP contribution in [0.1, 0.15) is 51.0 Å². The van der Waals surface area contributed by atoms with Gasteiger partial charge in [0.1, 0.15) is 6.61 Å². The maximum Gasteiger partial charge on any atom is 0.410 e. The number of benzene rings is 1. The highest BCUT2D eigenvalue weighted by atomic mass is 79.9. The summed E-state index contributed by atoms with van der Waals surface area (Å²) in [5.41, 5.74) is 1.89. The van der Waals surface area contributed by atoms with Crippen LogP contribution in [0.4, 0.5) is 4.79 Å². The molecule has 6 heteroatoms. The Balaban J connectivity index is 1.29. The first-order chi connectivity index (χ1) is 17.4. The molecule has 5 nitrogen and oxygen atoms in total. The second kappa shape index (κ2) is 8.07. The van der Waals surface area contributed by atoms with Gasteiger partial charge in [-0.05, 0) is 72.3 Å². The van der Waals surface area contributed by atoms with E-state index in [-0.39, 0.29) is 34.5 Å². The number of likely N-dealkylation sites (tertiary alicyclic amines) is 1. The Bertz CT molecular complexity index is 1080. The minimum absolute atomic E-state index is 0.0215. The summed E-state index contributed by atoms with van der Waals surface area (Å²) in [5.74, 6) is 1.60. The largest absolute Gasteiger partial charge is 0.445 e. The van der Waals surface area contributed by atoms with Crippen LogP contribution in [0.25, 0.3) is 0 Å². The molecule has 7 fully saturated rings. The van der Waals surface area contributed by atoms with Gasteiger partial charge in [0, 0.05) is 28.7 Å². The molecule has 6 aliphatic carbocycles. The maximum absolute atomic E-state index is 13.7. The van der Waals surface area contributed by atoms with Crippen LogP contribution in [0.3, 0.4) is 0 Å². The van der Waals surface area contributed by atoms with Crippen molar-refractivity contribution in [3.8, 4) is 0 Å². The fourth-order valence-electron chi connectivity index (χ4n) is 10.9. The third-order valence-corrected chi connectivity index (χ3v) is 12.0. The molecule has 8 rings (SSSR count). The number of nitrogens with zero attached hydrogens (tertiary/aromatic N) is 1. The first-order valence-corrected chi connectivity index (χ1v) is 15.0. The van der Waals surface area contributed by atoms with Crippen LogP contribution in [-0.4, -0.2) is 52.8 Å². The van der Waals surface area contributed by atoms with Gasteiger partial charge in [-0.3, -0.25) is 0 Å². The summed E-state index contributed by atoms with van der Waals surface area (Å²) in [4.78, 5) is 15.7. The minimum atomic E-state index is -0.494. The molecule has 0 aromatic heterocycles. The summed E-state index contributed by atoms with van der Waals surface area (Å²) < 4.78 is 12.7. The Morgan fingerprint density at radius 1 is 1.22 bits per heavy atom. The average Bonchev–Trinajstić information content (AvgIpc) is 3.18. The Morgan fingerprint density at radius 2 is 2.03 bits per heavy atom. The van der Waals surface area contributed by atoms with E-state index in [9.17, 15) is 9.90 Å². The SMILES string of the molecule is C=C1[C@H]2CC3C(OCCBr)[C@]45CCC[C@@]6(C)CN(C(=O)OCc7ccccc7)[C@@H](C[C@@]3([C@H]4C2)[C@@H]1O)[C@H]65. The molecule has 1 aliphatic heterocycles. The van der Waals surface area contributed by atoms with Crippen molar-refractivity contribution in [2.24, 2.45) is 39.9 Å². The number of hydrogen-bond donors (Lipinski definition) is 1. The summed E-state index contributed by atoms with van der Waals surface area (Å²) in [7, 11) is 0. The number of aliphatic hydroxyl groups is 1. The number of rotatable bonds is 5. The highest BCUT2D eigenvalue weighted by Gasteiger charge is 2.83. The summed E-state index contributed by atoms with van der Waals surface area (Å²) in [6.45, 7) is 8.56. The van der Waals surface area contributed by atoms with Crippen LogP contribution in [0, 0.1) is 39.9 Å². The van der Waals surface area contributed by atoms with Gasteiger partial charge in [-0.25, -0.2) is 4.79 Å². The van der Waals surface area contributed by atoms with Crippen molar-refractivity contribution in [3.05, 3.63) is 48.0 Å². The van der Waals surface area contributed by atoms with Gasteiger partial charge in [-0.1, -0.05) is 66.2 Å². The predicted molar refractivity (Wildman–Crippen MR) is 140 cm³/mol. The molecule has 10 atom stereocenters. The van der Waals surface area contributed by atoms with Crippen molar-refractivity contribution in [1.82, 2.24) is 4.90 Å². The molecule has 194 valence electrons. The predicted octanol–water partition coefficient (Wildman–Crippen LogP) is 5.56. The topological polar surface area (TPSA) is 59.0 Å². The van der Waals surface area contributed by atoms with Gasteiger partial charge in [-0.15, -0.1) is 0 Å². The smallest absolute Gasteiger partial charge is 0.410 e. The number of hydrogen-bond acceptors (Lipinski definition) is 4. The van der Waals surface area contributed by atoms with E-state index in [1.54, 1.807) is 0 Å². The Hall–Kier alpha value is -1.37. The van der Waals surface area contributed by atoms with Crippen molar-refractivity contribution >= 4 is 22.0 Å². The quantitative estimate of drug-likeness (QED) is 0.382. The second-order valence-corrected chi connectivity index (χ2v) is 13.7. The average molecular weight is 557 g/mol. The number of ether oxygens (including phenoxy) is 2. The number of carbonyl (C=O) groups is 1. The number of fused-ring (bicyclic) bond motifs is 1. The molecule has 36 heavy (non-hydrogen) atoms. The molecule has 1 aromatic rings. The highest BCUT2D eigenvalue weighted by Crippen LogP contribution is 2.82. The number of alkyl halides is 1. The molecule has 6 saturated carbocycles. The lowest BCUT2D eigenvalue weighted by atomic mass is 9.40. The van der Waals surface area contributed by atoms with Crippen LogP contribution in [0.15, 0.2) is 42.5 Å². The van der Waals surface area contributed by atoms with Crippen molar-refractivity contribution in [3.63, 3.8) is 0 Å². The van der Waals surface area contributed by atoms with Gasteiger partial charge >= 0.3 is 6.09 Å². The van der Waals surface area contributed by atoms with Gasteiger partial charge < -0.3 is 19.5 Å². The van der Waals surface area contributed by atoms with E-state index in [0.717, 1.165) is 55.1 Å². The lowest BCUT2D eigenvalue weighted by Gasteiger charge is -2.65. The zero-order valence-electron chi connectivity index (χ0n) is 21.2. The molecule has 2 spiro atoms. The van der Waals surface area contributed by atoms with Gasteiger partial charge in [0.05, 0.1) is 18.8 Å². The minimum Gasteiger partial charge on any atom is -0.445 e. The zero-order valence-corrected chi connectivity index (χ0v) is 22.8. The summed E-state index contributed by atoms with van der Waals surface area (Å²) >= 11 is 3.60. The summed E-state index contributed by atoms with van der Waals surface area (Å²) in [6, 6.07) is 10.0. The number of halogens is 1. The summed E-state index contributed by atoms with van der Waals surface area (Å²) in [6.07, 6.45) is 6.00. The Morgan fingerprint density at radius 3 is 2.81 bits per heavy atom. The number of aliphatic hydroxyl groups excluding tert-OH is 1. The van der Waals surface area contributed by atoms with E-state index in [1.165, 1.54) is 6.42 Å². The van der Waals surface area contributed by atoms with Gasteiger partial charge in [0.25, 0.3) is 0 Å². The molecule has 7 aliphatic rings. The van der Waals surface area contributed by atoms with E-state index >= 15 is 0 Å². The fourth-order valence-corrected chi connectivity index (χ4v) is 11.1. The van der Waals surface area contributed by atoms with Gasteiger partial charge in [0.15, 0.2) is 0 Å². The zero-order chi connectivity index (χ0) is 24.9. The Labute approximate surface area is 222 Å². The molecule has 1 saturated heterocycles. The molecule has 1 heterocycles. The molecule has 2 unspecified atom stereocenters. The Kier molecular flexibility index (Phi) is 5.32. The van der Waals surface area contributed by atoms with E-state index in [1.807, 2.05) is 30.3 Å². The maximum atomic E-state index is 13.7. The molecule has 1 amide bonds. The monoisotopic (exact) mass is 555 g/mol. The van der Waals surface area contributed by atoms with Gasteiger partial charge in [0.2, 0.25) is 0 Å². The third kappa shape index (κ3) is 2.82.